The molecule has 7 nitrogen and oxygen atoms in total. The van der Waals surface area contributed by atoms with Crippen LogP contribution in [0.1, 0.15) is 18.5 Å². The van der Waals surface area contributed by atoms with Crippen LogP contribution in [0.3, 0.4) is 0 Å². The van der Waals surface area contributed by atoms with Crippen LogP contribution >= 0.6 is 0 Å². The highest BCUT2D eigenvalue weighted by atomic mass is 16.6. The van der Waals surface area contributed by atoms with Crippen LogP contribution in [-0.2, 0) is 4.74 Å². The van der Waals surface area contributed by atoms with Gasteiger partial charge in [-0.2, -0.15) is 0 Å². The number of nitrogens with one attached hydrogen (secondary N) is 1. The second kappa shape index (κ2) is 5.50. The van der Waals surface area contributed by atoms with Gasteiger partial charge in [0, 0.05) is 38.7 Å². The number of aryl methyl sites for hydroxylation is 1. The lowest BCUT2D eigenvalue weighted by Crippen LogP contribution is -2.42. The van der Waals surface area contributed by atoms with Gasteiger partial charge < -0.3 is 15.2 Å². The summed E-state index contributed by atoms with van der Waals surface area (Å²) in [6.07, 6.45) is 1.15. The third-order valence-electron chi connectivity index (χ3n) is 3.28. The molecule has 2 heterocycles. The minimum absolute atomic E-state index is 0.00433. The van der Waals surface area contributed by atoms with Gasteiger partial charge in [0.2, 0.25) is 0 Å². The maximum absolute atomic E-state index is 10.7. The number of pyridine rings is 1. The SMILES string of the molecule is Cc1nc(NCC2(O)CCOCC2)ccc1[N+](=O)[O-]. The van der Waals surface area contributed by atoms with Gasteiger partial charge >= 0.3 is 0 Å². The van der Waals surface area contributed by atoms with Crippen LogP contribution in [-0.4, -0.2) is 40.4 Å². The number of rotatable bonds is 4. The van der Waals surface area contributed by atoms with Crippen molar-refractivity contribution in [3.8, 4) is 0 Å². The number of hydrogen-bond donors (Lipinski definition) is 2. The quantitative estimate of drug-likeness (QED) is 0.629. The maximum atomic E-state index is 10.7. The van der Waals surface area contributed by atoms with Gasteiger partial charge in [0.05, 0.1) is 10.5 Å². The topological polar surface area (TPSA) is 97.5 Å². The molecule has 1 saturated heterocycles. The van der Waals surface area contributed by atoms with Crippen molar-refractivity contribution in [2.75, 3.05) is 25.1 Å². The van der Waals surface area contributed by atoms with Crippen LogP contribution in [0.4, 0.5) is 11.5 Å². The molecule has 0 saturated carbocycles. The van der Waals surface area contributed by atoms with Crippen molar-refractivity contribution in [3.05, 3.63) is 27.9 Å². The van der Waals surface area contributed by atoms with E-state index in [1.54, 1.807) is 13.0 Å². The maximum Gasteiger partial charge on any atom is 0.290 e. The van der Waals surface area contributed by atoms with Crippen molar-refractivity contribution < 1.29 is 14.8 Å². The van der Waals surface area contributed by atoms with Crippen molar-refractivity contribution in [1.29, 1.82) is 0 Å². The molecule has 1 aromatic rings. The van der Waals surface area contributed by atoms with Crippen molar-refractivity contribution in [2.24, 2.45) is 0 Å². The Hall–Kier alpha value is -1.73. The molecule has 0 aliphatic carbocycles. The van der Waals surface area contributed by atoms with Crippen LogP contribution < -0.4 is 5.32 Å². The number of aliphatic hydroxyl groups is 1. The van der Waals surface area contributed by atoms with Crippen molar-refractivity contribution in [3.63, 3.8) is 0 Å². The van der Waals surface area contributed by atoms with E-state index in [2.05, 4.69) is 10.3 Å². The van der Waals surface area contributed by atoms with E-state index in [1.165, 1.54) is 6.07 Å². The molecular weight excluding hydrogens is 250 g/mol. The summed E-state index contributed by atoms with van der Waals surface area (Å²) in [7, 11) is 0. The largest absolute Gasteiger partial charge is 0.388 e. The molecule has 19 heavy (non-hydrogen) atoms. The van der Waals surface area contributed by atoms with Crippen molar-refractivity contribution in [2.45, 2.75) is 25.4 Å². The third-order valence-corrected chi connectivity index (χ3v) is 3.28. The molecule has 0 radical (unpaired) electrons. The van der Waals surface area contributed by atoms with E-state index in [1.807, 2.05) is 0 Å². The highest BCUT2D eigenvalue weighted by Gasteiger charge is 2.29. The van der Waals surface area contributed by atoms with Gasteiger partial charge in [-0.1, -0.05) is 0 Å². The summed E-state index contributed by atoms with van der Waals surface area (Å²) in [6, 6.07) is 2.96. The second-order valence-corrected chi connectivity index (χ2v) is 4.75. The van der Waals surface area contributed by atoms with Crippen LogP contribution in [0.15, 0.2) is 12.1 Å². The monoisotopic (exact) mass is 267 g/mol. The summed E-state index contributed by atoms with van der Waals surface area (Å²) in [6.45, 7) is 3.04. The summed E-state index contributed by atoms with van der Waals surface area (Å²) in [4.78, 5) is 14.3. The fourth-order valence-corrected chi connectivity index (χ4v) is 2.03. The fourth-order valence-electron chi connectivity index (χ4n) is 2.03. The predicted octanol–water partition coefficient (Wildman–Crippen LogP) is 1.25. The molecule has 0 bridgehead atoms. The molecule has 0 amide bonds. The van der Waals surface area contributed by atoms with E-state index < -0.39 is 10.5 Å². The Balaban J connectivity index is 2.00. The van der Waals surface area contributed by atoms with E-state index in [0.29, 0.717) is 44.1 Å². The zero-order valence-corrected chi connectivity index (χ0v) is 10.8. The Bertz CT molecular complexity index is 472. The Kier molecular flexibility index (Phi) is 3.96. The first-order valence-corrected chi connectivity index (χ1v) is 6.16. The van der Waals surface area contributed by atoms with Crippen LogP contribution in [0.5, 0.6) is 0 Å². The smallest absolute Gasteiger partial charge is 0.290 e. The first-order chi connectivity index (χ1) is 9.00. The Morgan fingerprint density at radius 2 is 2.21 bits per heavy atom. The minimum atomic E-state index is -0.796. The predicted molar refractivity (Wildman–Crippen MR) is 69.1 cm³/mol. The third kappa shape index (κ3) is 3.39. The lowest BCUT2D eigenvalue weighted by atomic mass is 9.94. The average Bonchev–Trinajstić information content (AvgIpc) is 2.37. The molecule has 7 heteroatoms. The zero-order chi connectivity index (χ0) is 13.9. The summed E-state index contributed by atoms with van der Waals surface area (Å²) in [5, 5.41) is 24.0. The van der Waals surface area contributed by atoms with Gasteiger partial charge in [-0.3, -0.25) is 10.1 Å². The highest BCUT2D eigenvalue weighted by molar-refractivity contribution is 5.45. The average molecular weight is 267 g/mol. The van der Waals surface area contributed by atoms with E-state index in [9.17, 15) is 15.2 Å². The molecular formula is C12H17N3O4. The number of hydrogen-bond acceptors (Lipinski definition) is 6. The van der Waals surface area contributed by atoms with Gasteiger partial charge in [0.15, 0.2) is 0 Å². The molecule has 1 aromatic heterocycles. The van der Waals surface area contributed by atoms with E-state index >= 15 is 0 Å². The van der Waals surface area contributed by atoms with Crippen molar-refractivity contribution >= 4 is 11.5 Å². The first-order valence-electron chi connectivity index (χ1n) is 6.16. The number of anilines is 1. The zero-order valence-electron chi connectivity index (χ0n) is 10.8. The Morgan fingerprint density at radius 3 is 2.79 bits per heavy atom. The van der Waals surface area contributed by atoms with Gasteiger partial charge in [0.25, 0.3) is 5.69 Å². The number of aromatic nitrogens is 1. The van der Waals surface area contributed by atoms with Gasteiger partial charge in [-0.25, -0.2) is 4.98 Å². The lowest BCUT2D eigenvalue weighted by Gasteiger charge is -2.32. The standard InChI is InChI=1S/C12H17N3O4/c1-9-10(15(17)18)2-3-11(14-9)13-8-12(16)4-6-19-7-5-12/h2-3,16H,4-8H2,1H3,(H,13,14). The van der Waals surface area contributed by atoms with E-state index in [-0.39, 0.29) is 5.69 Å². The van der Waals surface area contributed by atoms with E-state index in [0.717, 1.165) is 0 Å². The van der Waals surface area contributed by atoms with E-state index in [4.69, 9.17) is 4.74 Å². The Morgan fingerprint density at radius 1 is 1.53 bits per heavy atom. The fraction of sp³-hybridized carbons (Fsp3) is 0.583. The molecule has 1 aliphatic rings. The molecule has 2 rings (SSSR count). The second-order valence-electron chi connectivity index (χ2n) is 4.75. The Labute approximate surface area is 110 Å². The summed E-state index contributed by atoms with van der Waals surface area (Å²) >= 11 is 0. The highest BCUT2D eigenvalue weighted by Crippen LogP contribution is 2.22. The molecule has 2 N–H and O–H groups in total. The molecule has 1 aliphatic heterocycles. The summed E-state index contributed by atoms with van der Waals surface area (Å²) < 4.78 is 5.20. The first kappa shape index (κ1) is 13.7. The molecule has 0 aromatic carbocycles. The van der Waals surface area contributed by atoms with Crippen LogP contribution in [0.2, 0.25) is 0 Å². The van der Waals surface area contributed by atoms with Crippen molar-refractivity contribution in [1.82, 2.24) is 4.98 Å². The number of ether oxygens (including phenoxy) is 1. The number of nitro groups is 1. The molecule has 0 unspecified atom stereocenters. The van der Waals surface area contributed by atoms with Crippen LogP contribution in [0.25, 0.3) is 0 Å². The summed E-state index contributed by atoms with van der Waals surface area (Å²) in [5.41, 5.74) is -0.445. The molecule has 104 valence electrons. The van der Waals surface area contributed by atoms with Gasteiger partial charge in [-0.05, 0) is 13.0 Å². The van der Waals surface area contributed by atoms with Crippen LogP contribution in [0, 0.1) is 17.0 Å². The molecule has 1 fully saturated rings. The summed E-state index contributed by atoms with van der Waals surface area (Å²) in [5.74, 6) is 0.531. The van der Waals surface area contributed by atoms with Gasteiger partial charge in [0.1, 0.15) is 11.5 Å². The number of nitrogens with zero attached hydrogens (tertiary/aromatic N) is 2. The normalized spacial score (nSPS) is 18.0. The molecule has 0 atom stereocenters. The van der Waals surface area contributed by atoms with Gasteiger partial charge in [-0.15, -0.1) is 0 Å². The molecule has 0 spiro atoms. The minimum Gasteiger partial charge on any atom is -0.388 e. The lowest BCUT2D eigenvalue weighted by molar-refractivity contribution is -0.385.